The van der Waals surface area contributed by atoms with Crippen molar-refractivity contribution in [1.82, 2.24) is 4.72 Å². The summed E-state index contributed by atoms with van der Waals surface area (Å²) in [4.78, 5) is 0.285. The first kappa shape index (κ1) is 29.4. The Morgan fingerprint density at radius 3 is 2.17 bits per heavy atom. The monoisotopic (exact) mass is 593 g/mol. The van der Waals surface area contributed by atoms with E-state index in [2.05, 4.69) is 11.6 Å². The number of hydrogen-bond donors (Lipinski definition) is 1. The molecule has 3 aliphatic rings. The zero-order valence-electron chi connectivity index (χ0n) is 23.8. The Morgan fingerprint density at radius 1 is 0.833 bits per heavy atom. The van der Waals surface area contributed by atoms with E-state index < -0.39 is 22.6 Å². The average molecular weight is 594 g/mol. The summed E-state index contributed by atoms with van der Waals surface area (Å²) in [5.41, 5.74) is 2.05. The van der Waals surface area contributed by atoms with E-state index in [1.807, 2.05) is 66.7 Å². The first-order chi connectivity index (χ1) is 20.5. The van der Waals surface area contributed by atoms with Crippen LogP contribution in [0.25, 0.3) is 0 Å². The van der Waals surface area contributed by atoms with Crippen molar-refractivity contribution in [1.29, 1.82) is 0 Å². The molecule has 1 N–H and O–H groups in total. The van der Waals surface area contributed by atoms with Crippen LogP contribution in [-0.4, -0.2) is 51.8 Å². The quantitative estimate of drug-likeness (QED) is 0.358. The molecule has 1 saturated carbocycles. The fourth-order valence-corrected chi connectivity index (χ4v) is 7.42. The van der Waals surface area contributed by atoms with Crippen LogP contribution in [0, 0.1) is 5.92 Å². The molecule has 2 saturated heterocycles. The third-order valence-electron chi connectivity index (χ3n) is 8.41. The molecule has 6 atom stereocenters. The van der Waals surface area contributed by atoms with Crippen LogP contribution < -0.4 is 4.72 Å². The summed E-state index contributed by atoms with van der Waals surface area (Å²) in [6.45, 7) is 2.96. The molecule has 3 aromatic carbocycles. The Balaban J connectivity index is 1.10. The smallest absolute Gasteiger partial charge is 0.240 e. The van der Waals surface area contributed by atoms with Gasteiger partial charge in [0.1, 0.15) is 12.2 Å². The third kappa shape index (κ3) is 6.94. The van der Waals surface area contributed by atoms with Crippen molar-refractivity contribution in [3.8, 4) is 0 Å². The van der Waals surface area contributed by atoms with Gasteiger partial charge in [0.2, 0.25) is 10.0 Å². The van der Waals surface area contributed by atoms with E-state index in [-0.39, 0.29) is 41.3 Å². The lowest BCUT2D eigenvalue weighted by molar-refractivity contribution is -0.363. The maximum Gasteiger partial charge on any atom is 0.240 e. The predicted octanol–water partition coefficient (Wildman–Crippen LogP) is 5.35. The number of fused-ring (bicyclic) bond motifs is 1. The number of hydrogen-bond acceptors (Lipinski definition) is 7. The molecule has 0 aromatic heterocycles. The highest BCUT2D eigenvalue weighted by molar-refractivity contribution is 7.89. The summed E-state index contributed by atoms with van der Waals surface area (Å²) in [5, 5.41) is 0. The minimum Gasteiger partial charge on any atom is -0.368 e. The molecular formula is C33H39NO7S. The highest BCUT2D eigenvalue weighted by Crippen LogP contribution is 2.39. The van der Waals surface area contributed by atoms with Crippen LogP contribution >= 0.6 is 0 Å². The van der Waals surface area contributed by atoms with Gasteiger partial charge in [-0.25, -0.2) is 13.1 Å². The molecule has 3 aromatic rings. The third-order valence-corrected chi connectivity index (χ3v) is 9.94. The van der Waals surface area contributed by atoms with E-state index in [9.17, 15) is 8.42 Å². The molecule has 8 nitrogen and oxygen atoms in total. The number of benzene rings is 3. The van der Waals surface area contributed by atoms with Gasteiger partial charge in [0.05, 0.1) is 30.3 Å². The van der Waals surface area contributed by atoms with Crippen LogP contribution in [0.5, 0.6) is 0 Å². The lowest BCUT2D eigenvalue weighted by Crippen LogP contribution is -2.60. The maximum atomic E-state index is 12.8. The summed E-state index contributed by atoms with van der Waals surface area (Å²) in [7, 11) is -3.56. The highest BCUT2D eigenvalue weighted by Gasteiger charge is 2.49. The van der Waals surface area contributed by atoms with Crippen molar-refractivity contribution in [2.45, 2.75) is 87.1 Å². The van der Waals surface area contributed by atoms with Crippen LogP contribution in [0.1, 0.15) is 50.0 Å². The van der Waals surface area contributed by atoms with Crippen LogP contribution in [0.2, 0.25) is 0 Å². The van der Waals surface area contributed by atoms with Crippen molar-refractivity contribution in [3.63, 3.8) is 0 Å². The summed E-state index contributed by atoms with van der Waals surface area (Å²) in [6.07, 6.45) is 0.850. The SMILES string of the molecule is C[C@@H]1C(OCc2ccccc2)[C@H](OC2CCC(NS(=O)(=O)c3ccccc3)CC2)OC2COC(c3ccccc3)O[C@H]21. The Hall–Kier alpha value is -2.63. The number of ether oxygens (including phenoxy) is 5. The van der Waals surface area contributed by atoms with Gasteiger partial charge in [0.25, 0.3) is 0 Å². The average Bonchev–Trinajstić information content (AvgIpc) is 3.03. The molecule has 42 heavy (non-hydrogen) atoms. The first-order valence-corrected chi connectivity index (χ1v) is 16.3. The van der Waals surface area contributed by atoms with E-state index in [1.54, 1.807) is 24.3 Å². The molecule has 2 heterocycles. The van der Waals surface area contributed by atoms with Gasteiger partial charge in [-0.1, -0.05) is 85.8 Å². The summed E-state index contributed by atoms with van der Waals surface area (Å²) < 4.78 is 60.6. The van der Waals surface area contributed by atoms with Gasteiger partial charge in [-0.2, -0.15) is 0 Å². The van der Waals surface area contributed by atoms with E-state index in [4.69, 9.17) is 23.7 Å². The molecule has 224 valence electrons. The Bertz CT molecular complexity index is 1370. The summed E-state index contributed by atoms with van der Waals surface area (Å²) >= 11 is 0. The maximum absolute atomic E-state index is 12.8. The molecule has 9 heteroatoms. The van der Waals surface area contributed by atoms with Gasteiger partial charge < -0.3 is 23.7 Å². The van der Waals surface area contributed by atoms with Gasteiger partial charge in [-0.15, -0.1) is 0 Å². The molecule has 0 spiro atoms. The molecule has 2 aliphatic heterocycles. The highest BCUT2D eigenvalue weighted by atomic mass is 32.2. The van der Waals surface area contributed by atoms with Crippen LogP contribution in [0.3, 0.4) is 0 Å². The topological polar surface area (TPSA) is 92.3 Å². The molecule has 0 amide bonds. The van der Waals surface area contributed by atoms with Crippen LogP contribution in [-0.2, 0) is 40.3 Å². The predicted molar refractivity (Wildman–Crippen MR) is 157 cm³/mol. The minimum absolute atomic E-state index is 0.0124. The van der Waals surface area contributed by atoms with Gasteiger partial charge >= 0.3 is 0 Å². The first-order valence-electron chi connectivity index (χ1n) is 14.8. The van der Waals surface area contributed by atoms with Gasteiger partial charge in [-0.3, -0.25) is 0 Å². The second-order valence-corrected chi connectivity index (χ2v) is 13.1. The van der Waals surface area contributed by atoms with E-state index >= 15 is 0 Å². The Labute approximate surface area is 248 Å². The van der Waals surface area contributed by atoms with Crippen molar-refractivity contribution >= 4 is 10.0 Å². The molecule has 3 unspecified atom stereocenters. The number of rotatable bonds is 9. The van der Waals surface area contributed by atoms with Crippen molar-refractivity contribution < 1.29 is 32.1 Å². The standard InChI is InChI=1S/C33H39NO7S/c1-23-30-29(22-38-32(41-30)25-13-7-3-8-14-25)40-33(31(23)37-21-24-11-5-2-6-12-24)39-27-19-17-26(18-20-27)34-42(35,36)28-15-9-4-10-16-28/h2-16,23,26-27,29-34H,17-22H2,1H3/t23-,26?,27?,29?,30-,31?,32?,33+/m0/s1. The van der Waals surface area contributed by atoms with E-state index in [0.717, 1.165) is 24.0 Å². The second-order valence-electron chi connectivity index (χ2n) is 11.4. The molecule has 0 bridgehead atoms. The zero-order chi connectivity index (χ0) is 28.9. The normalized spacial score (nSPS) is 31.7. The molecule has 6 rings (SSSR count). The van der Waals surface area contributed by atoms with Gasteiger partial charge in [0, 0.05) is 17.5 Å². The zero-order valence-corrected chi connectivity index (χ0v) is 24.6. The summed E-state index contributed by atoms with van der Waals surface area (Å²) in [5.74, 6) is -0.0124. The fourth-order valence-electron chi connectivity index (χ4n) is 6.10. The Kier molecular flexibility index (Phi) is 9.35. The molecular weight excluding hydrogens is 554 g/mol. The Morgan fingerprint density at radius 2 is 1.48 bits per heavy atom. The minimum atomic E-state index is -3.56. The van der Waals surface area contributed by atoms with E-state index in [1.165, 1.54) is 0 Å². The lowest BCUT2D eigenvalue weighted by Gasteiger charge is -2.49. The van der Waals surface area contributed by atoms with Gasteiger partial charge in [-0.05, 0) is 43.4 Å². The molecule has 3 fully saturated rings. The number of sulfonamides is 1. The largest absolute Gasteiger partial charge is 0.368 e. The van der Waals surface area contributed by atoms with Crippen molar-refractivity contribution in [2.75, 3.05) is 6.61 Å². The summed E-state index contributed by atoms with van der Waals surface area (Å²) in [6, 6.07) is 28.4. The van der Waals surface area contributed by atoms with E-state index in [0.29, 0.717) is 26.1 Å². The van der Waals surface area contributed by atoms with Crippen molar-refractivity contribution in [2.24, 2.45) is 5.92 Å². The molecule has 1 aliphatic carbocycles. The van der Waals surface area contributed by atoms with Crippen LogP contribution in [0.15, 0.2) is 95.9 Å². The van der Waals surface area contributed by atoms with Crippen molar-refractivity contribution in [3.05, 3.63) is 102 Å². The van der Waals surface area contributed by atoms with Gasteiger partial charge in [0.15, 0.2) is 12.6 Å². The fraction of sp³-hybridized carbons (Fsp3) is 0.455. The number of nitrogens with one attached hydrogen (secondary N) is 1. The molecule has 0 radical (unpaired) electrons. The van der Waals surface area contributed by atoms with Crippen LogP contribution in [0.4, 0.5) is 0 Å². The second kappa shape index (κ2) is 13.3. The lowest BCUT2D eigenvalue weighted by atomic mass is 9.89.